The van der Waals surface area contributed by atoms with Crippen molar-refractivity contribution < 1.29 is 4.74 Å². The lowest BCUT2D eigenvalue weighted by Crippen LogP contribution is -2.37. The Balaban J connectivity index is 1.63. The molecule has 1 unspecified atom stereocenters. The van der Waals surface area contributed by atoms with Gasteiger partial charge in [-0.25, -0.2) is 0 Å². The summed E-state index contributed by atoms with van der Waals surface area (Å²) in [5, 5.41) is 3.52. The third kappa shape index (κ3) is 2.68. The summed E-state index contributed by atoms with van der Waals surface area (Å²) in [7, 11) is 0. The molecule has 1 N–H and O–H groups in total. The molecule has 2 saturated carbocycles. The minimum absolute atomic E-state index is 0.597. The normalized spacial score (nSPS) is 25.6. The molecule has 76 valence electrons. The van der Waals surface area contributed by atoms with Crippen molar-refractivity contribution in [3.63, 3.8) is 0 Å². The number of rotatable bonds is 6. The molecule has 0 saturated heterocycles. The van der Waals surface area contributed by atoms with Gasteiger partial charge < -0.3 is 10.1 Å². The lowest BCUT2D eigenvalue weighted by atomic mass is 9.96. The molecule has 0 spiro atoms. The van der Waals surface area contributed by atoms with E-state index in [1.54, 1.807) is 0 Å². The average molecular weight is 183 g/mol. The van der Waals surface area contributed by atoms with Gasteiger partial charge in [0.05, 0.1) is 12.7 Å². The number of nitrogens with one attached hydrogen (secondary N) is 1. The van der Waals surface area contributed by atoms with Gasteiger partial charge in [-0.15, -0.1) is 0 Å². The standard InChI is InChI=1S/C11H21NO/c1-2-12-11(9-6-7-9)8-13-10-4-3-5-10/h9-12H,2-8H2,1H3. The highest BCUT2D eigenvalue weighted by Gasteiger charge is 2.31. The maximum Gasteiger partial charge on any atom is 0.0626 e. The van der Waals surface area contributed by atoms with Gasteiger partial charge in [-0.05, 0) is 44.6 Å². The van der Waals surface area contributed by atoms with E-state index in [0.717, 1.165) is 19.1 Å². The summed E-state index contributed by atoms with van der Waals surface area (Å²) in [5.41, 5.74) is 0. The predicted octanol–water partition coefficient (Wildman–Crippen LogP) is 1.94. The highest BCUT2D eigenvalue weighted by Crippen LogP contribution is 2.33. The van der Waals surface area contributed by atoms with E-state index in [4.69, 9.17) is 4.74 Å². The van der Waals surface area contributed by atoms with Crippen LogP contribution in [0.15, 0.2) is 0 Å². The zero-order valence-electron chi connectivity index (χ0n) is 8.59. The summed E-state index contributed by atoms with van der Waals surface area (Å²) >= 11 is 0. The van der Waals surface area contributed by atoms with Crippen molar-refractivity contribution in [3.05, 3.63) is 0 Å². The molecule has 2 nitrogen and oxygen atoms in total. The first kappa shape index (κ1) is 9.47. The number of ether oxygens (including phenoxy) is 1. The second-order valence-electron chi connectivity index (χ2n) is 4.39. The first-order valence-corrected chi connectivity index (χ1v) is 5.75. The van der Waals surface area contributed by atoms with Crippen LogP contribution in [0.5, 0.6) is 0 Å². The van der Waals surface area contributed by atoms with Crippen LogP contribution in [0.4, 0.5) is 0 Å². The average Bonchev–Trinajstić information content (AvgIpc) is 2.82. The van der Waals surface area contributed by atoms with Crippen molar-refractivity contribution >= 4 is 0 Å². The zero-order chi connectivity index (χ0) is 9.10. The molecule has 0 bridgehead atoms. The first-order chi connectivity index (χ1) is 6.40. The van der Waals surface area contributed by atoms with Gasteiger partial charge in [-0.2, -0.15) is 0 Å². The summed E-state index contributed by atoms with van der Waals surface area (Å²) in [5.74, 6) is 0.917. The molecule has 13 heavy (non-hydrogen) atoms. The van der Waals surface area contributed by atoms with Crippen molar-refractivity contribution in [1.82, 2.24) is 5.32 Å². The molecule has 1 atom stereocenters. The van der Waals surface area contributed by atoms with E-state index in [1.165, 1.54) is 32.1 Å². The van der Waals surface area contributed by atoms with Gasteiger partial charge in [0.15, 0.2) is 0 Å². The molecule has 0 aromatic carbocycles. The lowest BCUT2D eigenvalue weighted by molar-refractivity contribution is -0.0108. The monoisotopic (exact) mass is 183 g/mol. The van der Waals surface area contributed by atoms with Gasteiger partial charge in [-0.1, -0.05) is 6.92 Å². The Labute approximate surface area is 81.0 Å². The summed E-state index contributed by atoms with van der Waals surface area (Å²) in [6.07, 6.45) is 7.38. The molecule has 0 aromatic rings. The Kier molecular flexibility index (Phi) is 3.23. The third-order valence-corrected chi connectivity index (χ3v) is 3.22. The van der Waals surface area contributed by atoms with Crippen LogP contribution in [-0.2, 0) is 4.74 Å². The van der Waals surface area contributed by atoms with E-state index in [-0.39, 0.29) is 0 Å². The minimum Gasteiger partial charge on any atom is -0.377 e. The van der Waals surface area contributed by atoms with Crippen molar-refractivity contribution in [2.45, 2.75) is 51.2 Å². The summed E-state index contributed by atoms with van der Waals surface area (Å²) in [4.78, 5) is 0. The quantitative estimate of drug-likeness (QED) is 0.679. The fraction of sp³-hybridized carbons (Fsp3) is 1.00. The number of likely N-dealkylation sites (N-methyl/N-ethyl adjacent to an activating group) is 1. The Morgan fingerprint density at radius 3 is 2.54 bits per heavy atom. The molecular formula is C11H21NO. The molecule has 0 aliphatic heterocycles. The van der Waals surface area contributed by atoms with E-state index < -0.39 is 0 Å². The first-order valence-electron chi connectivity index (χ1n) is 5.75. The molecule has 2 heteroatoms. The molecule has 0 heterocycles. The van der Waals surface area contributed by atoms with Crippen LogP contribution in [0.3, 0.4) is 0 Å². The second kappa shape index (κ2) is 4.43. The van der Waals surface area contributed by atoms with E-state index in [0.29, 0.717) is 12.1 Å². The topological polar surface area (TPSA) is 21.3 Å². The van der Waals surface area contributed by atoms with Crippen LogP contribution >= 0.6 is 0 Å². The molecule has 2 aliphatic carbocycles. The molecule has 0 radical (unpaired) electrons. The molecule has 2 fully saturated rings. The Morgan fingerprint density at radius 1 is 1.31 bits per heavy atom. The van der Waals surface area contributed by atoms with Crippen LogP contribution in [0.1, 0.15) is 39.0 Å². The van der Waals surface area contributed by atoms with Crippen LogP contribution in [-0.4, -0.2) is 25.3 Å². The molecular weight excluding hydrogens is 162 g/mol. The van der Waals surface area contributed by atoms with Gasteiger partial charge in [-0.3, -0.25) is 0 Å². The maximum atomic E-state index is 5.83. The van der Waals surface area contributed by atoms with Crippen LogP contribution < -0.4 is 5.32 Å². The van der Waals surface area contributed by atoms with Crippen LogP contribution in [0, 0.1) is 5.92 Å². The molecule has 0 amide bonds. The highest BCUT2D eigenvalue weighted by molar-refractivity contribution is 4.86. The maximum absolute atomic E-state index is 5.83. The summed E-state index contributed by atoms with van der Waals surface area (Å²) in [6, 6.07) is 0.644. The van der Waals surface area contributed by atoms with Crippen molar-refractivity contribution in [2.75, 3.05) is 13.2 Å². The smallest absolute Gasteiger partial charge is 0.0626 e. The second-order valence-corrected chi connectivity index (χ2v) is 4.39. The van der Waals surface area contributed by atoms with Gasteiger partial charge in [0.25, 0.3) is 0 Å². The van der Waals surface area contributed by atoms with E-state index >= 15 is 0 Å². The SMILES string of the molecule is CCNC(COC1CCC1)C1CC1. The molecule has 2 rings (SSSR count). The number of hydrogen-bond donors (Lipinski definition) is 1. The fourth-order valence-electron chi connectivity index (χ4n) is 1.90. The minimum atomic E-state index is 0.597. The zero-order valence-corrected chi connectivity index (χ0v) is 8.59. The molecule has 2 aliphatic rings. The van der Waals surface area contributed by atoms with E-state index in [1.807, 2.05) is 0 Å². The van der Waals surface area contributed by atoms with Gasteiger partial charge in [0, 0.05) is 6.04 Å². The Morgan fingerprint density at radius 2 is 2.08 bits per heavy atom. The van der Waals surface area contributed by atoms with Crippen molar-refractivity contribution in [3.8, 4) is 0 Å². The van der Waals surface area contributed by atoms with Crippen molar-refractivity contribution in [1.29, 1.82) is 0 Å². The van der Waals surface area contributed by atoms with Gasteiger partial charge in [0.2, 0.25) is 0 Å². The molecule has 0 aromatic heterocycles. The largest absolute Gasteiger partial charge is 0.377 e. The van der Waals surface area contributed by atoms with E-state index in [9.17, 15) is 0 Å². The van der Waals surface area contributed by atoms with Crippen LogP contribution in [0.2, 0.25) is 0 Å². The Hall–Kier alpha value is -0.0800. The Bertz CT molecular complexity index is 152. The van der Waals surface area contributed by atoms with Gasteiger partial charge >= 0.3 is 0 Å². The van der Waals surface area contributed by atoms with Crippen molar-refractivity contribution in [2.24, 2.45) is 5.92 Å². The fourth-order valence-corrected chi connectivity index (χ4v) is 1.90. The summed E-state index contributed by atoms with van der Waals surface area (Å²) in [6.45, 7) is 4.21. The van der Waals surface area contributed by atoms with Crippen LogP contribution in [0.25, 0.3) is 0 Å². The van der Waals surface area contributed by atoms with E-state index in [2.05, 4.69) is 12.2 Å². The lowest BCUT2D eigenvalue weighted by Gasteiger charge is -2.28. The summed E-state index contributed by atoms with van der Waals surface area (Å²) < 4.78 is 5.83. The highest BCUT2D eigenvalue weighted by atomic mass is 16.5. The van der Waals surface area contributed by atoms with Gasteiger partial charge in [0.1, 0.15) is 0 Å². The predicted molar refractivity (Wildman–Crippen MR) is 53.8 cm³/mol. The third-order valence-electron chi connectivity index (χ3n) is 3.22. The number of hydrogen-bond acceptors (Lipinski definition) is 2.